The van der Waals surface area contributed by atoms with Crippen molar-refractivity contribution in [3.63, 3.8) is 0 Å². The van der Waals surface area contributed by atoms with E-state index >= 15 is 0 Å². The van der Waals surface area contributed by atoms with Crippen LogP contribution in [0.25, 0.3) is 12.2 Å². The molecule has 0 bridgehead atoms. The average Bonchev–Trinajstić information content (AvgIpc) is 3.22. The summed E-state index contributed by atoms with van der Waals surface area (Å²) in [4.78, 5) is 27.8. The Hall–Kier alpha value is -4.10. The van der Waals surface area contributed by atoms with Crippen molar-refractivity contribution in [1.82, 2.24) is 4.98 Å². The number of carbonyl (C=O) groups excluding carboxylic acids is 1. The van der Waals surface area contributed by atoms with E-state index in [-0.39, 0.29) is 11.3 Å². The molecule has 0 radical (unpaired) electrons. The first kappa shape index (κ1) is 24.0. The van der Waals surface area contributed by atoms with Gasteiger partial charge in [0.05, 0.1) is 22.9 Å². The first-order valence-electron chi connectivity index (χ1n) is 11.1. The Morgan fingerprint density at radius 1 is 0.971 bits per heavy atom. The highest BCUT2D eigenvalue weighted by Crippen LogP contribution is 2.29. The Bertz CT molecular complexity index is 1470. The van der Waals surface area contributed by atoms with Crippen LogP contribution in [0.2, 0.25) is 0 Å². The van der Waals surface area contributed by atoms with Crippen LogP contribution < -0.4 is 29.0 Å². The van der Waals surface area contributed by atoms with Gasteiger partial charge in [-0.15, -0.1) is 11.3 Å². The Kier molecular flexibility index (Phi) is 7.80. The molecule has 7 heteroatoms. The molecule has 3 aromatic carbocycles. The van der Waals surface area contributed by atoms with Gasteiger partial charge in [-0.25, -0.2) is 0 Å². The summed E-state index contributed by atoms with van der Waals surface area (Å²) in [6.07, 6.45) is 3.19. The van der Waals surface area contributed by atoms with Crippen LogP contribution in [0, 0.1) is 0 Å². The van der Waals surface area contributed by atoms with Gasteiger partial charge in [0.15, 0.2) is 17.3 Å². The topological polar surface area (TPSA) is 77.6 Å². The van der Waals surface area contributed by atoms with E-state index in [1.54, 1.807) is 37.5 Å². The Balaban J connectivity index is 1.57. The molecule has 4 rings (SSSR count). The predicted molar refractivity (Wildman–Crippen MR) is 138 cm³/mol. The van der Waals surface area contributed by atoms with Crippen molar-refractivity contribution in [3.8, 4) is 17.2 Å². The maximum Gasteiger partial charge on any atom is 0.266 e. The molecular formula is C28H25NO5S. The minimum Gasteiger partial charge on any atom is -0.497 e. The van der Waals surface area contributed by atoms with Gasteiger partial charge >= 0.3 is 0 Å². The third-order valence-electron chi connectivity index (χ3n) is 5.12. The van der Waals surface area contributed by atoms with E-state index in [4.69, 9.17) is 14.2 Å². The largest absolute Gasteiger partial charge is 0.497 e. The van der Waals surface area contributed by atoms with Crippen LogP contribution in [0.1, 0.15) is 28.4 Å². The number of thiazole rings is 1. The number of Topliss-reactive ketones (excluding diaryl/α,β-unsaturated/α-hetero) is 1. The lowest BCUT2D eigenvalue weighted by Crippen LogP contribution is -2.20. The first-order chi connectivity index (χ1) is 17.1. The maximum atomic E-state index is 12.6. The summed E-state index contributed by atoms with van der Waals surface area (Å²) >= 11 is 1.22. The average molecular weight is 488 g/mol. The van der Waals surface area contributed by atoms with Crippen LogP contribution in [0.15, 0.2) is 77.6 Å². The normalized spacial score (nSPS) is 11.9. The van der Waals surface area contributed by atoms with Crippen molar-refractivity contribution in [1.29, 1.82) is 0 Å². The molecule has 0 saturated carbocycles. The summed E-state index contributed by atoms with van der Waals surface area (Å²) in [7, 11) is 1.57. The zero-order chi connectivity index (χ0) is 24.6. The number of aromatic nitrogens is 1. The summed E-state index contributed by atoms with van der Waals surface area (Å²) in [5, 5.41) is 0. The fourth-order valence-corrected chi connectivity index (χ4v) is 4.26. The number of aromatic amines is 1. The number of hydrogen-bond donors (Lipinski definition) is 1. The van der Waals surface area contributed by atoms with Gasteiger partial charge in [0.25, 0.3) is 5.56 Å². The molecule has 0 atom stereocenters. The summed E-state index contributed by atoms with van der Waals surface area (Å²) < 4.78 is 17.8. The van der Waals surface area contributed by atoms with E-state index in [1.807, 2.05) is 55.5 Å². The minimum absolute atomic E-state index is 0.199. The lowest BCUT2D eigenvalue weighted by atomic mass is 10.1. The molecule has 1 aromatic heterocycles. The summed E-state index contributed by atoms with van der Waals surface area (Å²) in [5.74, 6) is 1.71. The van der Waals surface area contributed by atoms with E-state index in [1.165, 1.54) is 17.4 Å². The maximum absolute atomic E-state index is 12.6. The molecule has 0 aliphatic carbocycles. The van der Waals surface area contributed by atoms with E-state index < -0.39 is 0 Å². The molecule has 0 saturated heterocycles. The van der Waals surface area contributed by atoms with Crippen molar-refractivity contribution < 1.29 is 19.0 Å². The van der Waals surface area contributed by atoms with Crippen LogP contribution >= 0.6 is 11.3 Å². The highest BCUT2D eigenvalue weighted by molar-refractivity contribution is 7.07. The van der Waals surface area contributed by atoms with Crippen LogP contribution in [0.5, 0.6) is 17.2 Å². The zero-order valence-corrected chi connectivity index (χ0v) is 20.3. The van der Waals surface area contributed by atoms with Gasteiger partial charge < -0.3 is 19.2 Å². The highest BCUT2D eigenvalue weighted by atomic mass is 32.1. The van der Waals surface area contributed by atoms with Crippen LogP contribution in [-0.4, -0.2) is 24.5 Å². The number of nitrogens with one attached hydrogen (secondary N) is 1. The second-order valence-electron chi connectivity index (χ2n) is 7.58. The third kappa shape index (κ3) is 6.28. The number of methoxy groups -OCH3 is 1. The molecule has 1 heterocycles. The van der Waals surface area contributed by atoms with Crippen molar-refractivity contribution in [3.05, 3.63) is 109 Å². The molecule has 0 unspecified atom stereocenters. The van der Waals surface area contributed by atoms with Crippen molar-refractivity contribution >= 4 is 29.3 Å². The van der Waals surface area contributed by atoms with E-state index in [0.717, 1.165) is 11.1 Å². The summed E-state index contributed by atoms with van der Waals surface area (Å²) in [6.45, 7) is 2.82. The highest BCUT2D eigenvalue weighted by Gasteiger charge is 2.08. The van der Waals surface area contributed by atoms with Crippen LogP contribution in [0.4, 0.5) is 0 Å². The van der Waals surface area contributed by atoms with Gasteiger partial charge in [0, 0.05) is 11.6 Å². The molecule has 4 aromatic rings. The van der Waals surface area contributed by atoms with Gasteiger partial charge in [-0.3, -0.25) is 9.59 Å². The monoisotopic (exact) mass is 487 g/mol. The Labute approximate surface area is 206 Å². The fraction of sp³-hybridized carbons (Fsp3) is 0.143. The lowest BCUT2D eigenvalue weighted by molar-refractivity contribution is 0.106. The van der Waals surface area contributed by atoms with Gasteiger partial charge in [-0.1, -0.05) is 36.4 Å². The lowest BCUT2D eigenvalue weighted by Gasteiger charge is -2.12. The number of ether oxygens (including phenoxy) is 3. The second kappa shape index (κ2) is 11.4. The molecule has 0 aliphatic rings. The molecule has 0 spiro atoms. The molecule has 0 aliphatic heterocycles. The third-order valence-corrected chi connectivity index (χ3v) is 6.08. The fourth-order valence-electron chi connectivity index (χ4n) is 3.37. The van der Waals surface area contributed by atoms with Crippen molar-refractivity contribution in [2.75, 3.05) is 13.7 Å². The second-order valence-corrected chi connectivity index (χ2v) is 8.66. The van der Waals surface area contributed by atoms with Gasteiger partial charge in [0.2, 0.25) is 0 Å². The van der Waals surface area contributed by atoms with E-state index in [9.17, 15) is 9.59 Å². The smallest absolute Gasteiger partial charge is 0.266 e. The number of hydrogen-bond acceptors (Lipinski definition) is 6. The van der Waals surface area contributed by atoms with Gasteiger partial charge in [-0.05, 0) is 60.5 Å². The summed E-state index contributed by atoms with van der Waals surface area (Å²) in [6, 6.07) is 22.3. The van der Waals surface area contributed by atoms with Crippen molar-refractivity contribution in [2.24, 2.45) is 0 Å². The number of ketones is 1. The molecule has 0 amide bonds. The minimum atomic E-state index is -0.258. The molecule has 1 N–H and O–H groups in total. The molecular weight excluding hydrogens is 462 g/mol. The number of benzene rings is 3. The van der Waals surface area contributed by atoms with Gasteiger partial charge in [-0.2, -0.15) is 0 Å². The number of H-pyrrole nitrogens is 1. The van der Waals surface area contributed by atoms with Crippen molar-refractivity contribution in [2.45, 2.75) is 13.5 Å². The number of rotatable bonds is 9. The molecule has 178 valence electrons. The quantitative estimate of drug-likeness (QED) is 0.362. The first-order valence-corrected chi connectivity index (χ1v) is 11.9. The SMILES string of the molecule is CCOc1cc(/C=c2/s/c(=C\C(=O)c3ccc(OC)cc3)[nH]c2=O)ccc1OCc1ccccc1. The number of carbonyl (C=O) groups is 1. The van der Waals surface area contributed by atoms with Gasteiger partial charge in [0.1, 0.15) is 12.4 Å². The Morgan fingerprint density at radius 3 is 2.46 bits per heavy atom. The molecule has 6 nitrogen and oxygen atoms in total. The molecule has 35 heavy (non-hydrogen) atoms. The Morgan fingerprint density at radius 2 is 1.74 bits per heavy atom. The summed E-state index contributed by atoms with van der Waals surface area (Å²) in [5.41, 5.74) is 2.11. The van der Waals surface area contributed by atoms with Crippen LogP contribution in [-0.2, 0) is 6.61 Å². The predicted octanol–water partition coefficient (Wildman–Crippen LogP) is 3.91. The van der Waals surface area contributed by atoms with E-state index in [0.29, 0.717) is 45.2 Å². The van der Waals surface area contributed by atoms with Crippen LogP contribution in [0.3, 0.4) is 0 Å². The standard InChI is InChI=1S/C28H25NO5S/c1-3-33-25-15-20(9-14-24(25)34-18-19-7-5-4-6-8-19)16-26-28(31)29-27(35-26)17-23(30)21-10-12-22(32-2)13-11-21/h4-17H,3,18H2,1-2H3,(H,29,31)/b26-16+,27-17-. The zero-order valence-electron chi connectivity index (χ0n) is 19.4. The molecule has 0 fully saturated rings. The van der Waals surface area contributed by atoms with E-state index in [2.05, 4.69) is 4.98 Å².